The van der Waals surface area contributed by atoms with Gasteiger partial charge in [-0.3, -0.25) is 4.79 Å². The standard InChI is InChI=1S/C22H31N3O2/c1-27-14-13-25-20-10-3-2-7-17(20)15-21(25)22(26)23-16-18-8-6-12-24-11-5-4-9-19(18)24/h2-3,7,10,15,18-19H,4-6,8-9,11-14,16H2,1H3,(H,23,26)/t18-,19-/m1/s1. The highest BCUT2D eigenvalue weighted by Gasteiger charge is 2.33. The van der Waals surface area contributed by atoms with Crippen molar-refractivity contribution < 1.29 is 9.53 Å². The molecule has 1 aromatic carbocycles. The summed E-state index contributed by atoms with van der Waals surface area (Å²) in [5.41, 5.74) is 1.83. The number of carbonyl (C=O) groups is 1. The summed E-state index contributed by atoms with van der Waals surface area (Å²) in [4.78, 5) is 15.7. The van der Waals surface area contributed by atoms with Crippen LogP contribution in [0.2, 0.25) is 0 Å². The highest BCUT2D eigenvalue weighted by atomic mass is 16.5. The highest BCUT2D eigenvalue weighted by Crippen LogP contribution is 2.30. The van der Waals surface area contributed by atoms with Crippen LogP contribution in [0.5, 0.6) is 0 Å². The van der Waals surface area contributed by atoms with Gasteiger partial charge in [0.05, 0.1) is 6.61 Å². The van der Waals surface area contributed by atoms with E-state index in [-0.39, 0.29) is 5.91 Å². The third-order valence-electron chi connectivity index (χ3n) is 6.32. The van der Waals surface area contributed by atoms with E-state index in [4.69, 9.17) is 4.74 Å². The van der Waals surface area contributed by atoms with Gasteiger partial charge in [-0.25, -0.2) is 0 Å². The number of hydrogen-bond donors (Lipinski definition) is 1. The molecule has 27 heavy (non-hydrogen) atoms. The summed E-state index contributed by atoms with van der Waals surface area (Å²) in [6.07, 6.45) is 6.43. The van der Waals surface area contributed by atoms with Gasteiger partial charge in [0, 0.05) is 37.1 Å². The fourth-order valence-corrected chi connectivity index (χ4v) is 4.95. The van der Waals surface area contributed by atoms with Crippen molar-refractivity contribution in [1.82, 2.24) is 14.8 Å². The third-order valence-corrected chi connectivity index (χ3v) is 6.32. The van der Waals surface area contributed by atoms with Crippen molar-refractivity contribution in [2.45, 2.75) is 44.7 Å². The van der Waals surface area contributed by atoms with Crippen molar-refractivity contribution in [2.24, 2.45) is 5.92 Å². The number of methoxy groups -OCH3 is 1. The zero-order chi connectivity index (χ0) is 18.6. The van der Waals surface area contributed by atoms with Crippen molar-refractivity contribution in [2.75, 3.05) is 33.4 Å². The zero-order valence-corrected chi connectivity index (χ0v) is 16.3. The number of ether oxygens (including phenoxy) is 1. The number of rotatable bonds is 6. The van der Waals surface area contributed by atoms with Crippen molar-refractivity contribution in [1.29, 1.82) is 0 Å². The Kier molecular flexibility index (Phi) is 5.79. The molecule has 0 bridgehead atoms. The van der Waals surface area contributed by atoms with Crippen LogP contribution in [0.1, 0.15) is 42.6 Å². The second-order valence-corrected chi connectivity index (χ2v) is 7.94. The van der Waals surface area contributed by atoms with Crippen LogP contribution >= 0.6 is 0 Å². The molecular weight excluding hydrogens is 338 g/mol. The average molecular weight is 370 g/mol. The van der Waals surface area contributed by atoms with Crippen LogP contribution < -0.4 is 5.32 Å². The molecular formula is C22H31N3O2. The lowest BCUT2D eigenvalue weighted by Gasteiger charge is -2.44. The van der Waals surface area contributed by atoms with Crippen molar-refractivity contribution >= 4 is 16.8 Å². The molecule has 2 saturated heterocycles. The summed E-state index contributed by atoms with van der Waals surface area (Å²) in [6, 6.07) is 10.8. The topological polar surface area (TPSA) is 46.5 Å². The van der Waals surface area contributed by atoms with Gasteiger partial charge in [0.2, 0.25) is 0 Å². The largest absolute Gasteiger partial charge is 0.383 e. The minimum absolute atomic E-state index is 0.0373. The number of nitrogens with zero attached hydrogens (tertiary/aromatic N) is 2. The number of hydrogen-bond acceptors (Lipinski definition) is 3. The van der Waals surface area contributed by atoms with E-state index in [0.717, 1.165) is 23.1 Å². The number of amides is 1. The van der Waals surface area contributed by atoms with Gasteiger partial charge in [0.15, 0.2) is 0 Å². The van der Waals surface area contributed by atoms with E-state index in [1.54, 1.807) is 7.11 Å². The van der Waals surface area contributed by atoms with Gasteiger partial charge in [-0.05, 0) is 56.8 Å². The van der Waals surface area contributed by atoms with Crippen LogP contribution in [0.15, 0.2) is 30.3 Å². The van der Waals surface area contributed by atoms with Gasteiger partial charge in [-0.1, -0.05) is 24.6 Å². The van der Waals surface area contributed by atoms with Crippen molar-refractivity contribution in [3.05, 3.63) is 36.0 Å². The van der Waals surface area contributed by atoms with Gasteiger partial charge < -0.3 is 19.5 Å². The van der Waals surface area contributed by atoms with Gasteiger partial charge >= 0.3 is 0 Å². The van der Waals surface area contributed by atoms with Gasteiger partial charge in [-0.15, -0.1) is 0 Å². The van der Waals surface area contributed by atoms with Crippen molar-refractivity contribution in [3.63, 3.8) is 0 Å². The number of carbonyl (C=O) groups excluding carboxylic acids is 1. The number of nitrogens with one attached hydrogen (secondary N) is 1. The van der Waals surface area contributed by atoms with E-state index in [9.17, 15) is 4.79 Å². The first-order valence-corrected chi connectivity index (χ1v) is 10.4. The minimum atomic E-state index is 0.0373. The van der Waals surface area contributed by atoms with Gasteiger partial charge in [-0.2, -0.15) is 0 Å². The monoisotopic (exact) mass is 369 g/mol. The normalized spacial score (nSPS) is 23.3. The molecule has 0 spiro atoms. The quantitative estimate of drug-likeness (QED) is 0.850. The number of para-hydroxylation sites is 1. The Morgan fingerprint density at radius 3 is 2.93 bits per heavy atom. The SMILES string of the molecule is COCCn1c(C(=O)NC[C@H]2CCCN3CCCC[C@H]23)cc2ccccc21. The molecule has 4 rings (SSSR count). The molecule has 3 heterocycles. The molecule has 2 aliphatic rings. The molecule has 2 fully saturated rings. The van der Waals surface area contributed by atoms with Crippen LogP contribution in [-0.2, 0) is 11.3 Å². The number of aromatic nitrogens is 1. The van der Waals surface area contributed by atoms with E-state index in [1.165, 1.54) is 45.2 Å². The Bertz CT molecular complexity index is 783. The highest BCUT2D eigenvalue weighted by molar-refractivity contribution is 5.98. The Labute approximate surface area is 161 Å². The fraction of sp³-hybridized carbons (Fsp3) is 0.591. The van der Waals surface area contributed by atoms with E-state index in [1.807, 2.05) is 18.2 Å². The molecule has 2 aliphatic heterocycles. The van der Waals surface area contributed by atoms with Gasteiger partial charge in [0.25, 0.3) is 5.91 Å². The summed E-state index contributed by atoms with van der Waals surface area (Å²) in [5, 5.41) is 4.36. The molecule has 5 nitrogen and oxygen atoms in total. The Balaban J connectivity index is 1.47. The first-order valence-electron chi connectivity index (χ1n) is 10.4. The lowest BCUT2D eigenvalue weighted by molar-refractivity contribution is 0.0574. The lowest BCUT2D eigenvalue weighted by Crippen LogP contribution is -2.51. The first-order chi connectivity index (χ1) is 13.3. The molecule has 0 aliphatic carbocycles. The predicted octanol–water partition coefficient (Wildman–Crippen LogP) is 3.28. The average Bonchev–Trinajstić information content (AvgIpc) is 3.09. The minimum Gasteiger partial charge on any atom is -0.383 e. The fourth-order valence-electron chi connectivity index (χ4n) is 4.95. The molecule has 146 valence electrons. The second kappa shape index (κ2) is 8.44. The summed E-state index contributed by atoms with van der Waals surface area (Å²) < 4.78 is 7.34. The van der Waals surface area contributed by atoms with Crippen molar-refractivity contribution in [3.8, 4) is 0 Å². The first kappa shape index (κ1) is 18.5. The van der Waals surface area contributed by atoms with Gasteiger partial charge in [0.1, 0.15) is 5.69 Å². The summed E-state index contributed by atoms with van der Waals surface area (Å²) >= 11 is 0. The maximum absolute atomic E-state index is 13.0. The number of benzene rings is 1. The molecule has 1 N–H and O–H groups in total. The molecule has 2 aromatic rings. The molecule has 0 unspecified atom stereocenters. The summed E-state index contributed by atoms with van der Waals surface area (Å²) in [5.74, 6) is 0.620. The number of piperidine rings is 2. The molecule has 2 atom stereocenters. The van der Waals surface area contributed by atoms with Crippen LogP contribution in [-0.4, -0.2) is 54.8 Å². The zero-order valence-electron chi connectivity index (χ0n) is 16.3. The summed E-state index contributed by atoms with van der Waals surface area (Å²) in [6.45, 7) is 4.54. The lowest BCUT2D eigenvalue weighted by atomic mass is 9.83. The Hall–Kier alpha value is -1.85. The van der Waals surface area contributed by atoms with E-state index < -0.39 is 0 Å². The molecule has 1 amide bonds. The van der Waals surface area contributed by atoms with Crippen LogP contribution in [0, 0.1) is 5.92 Å². The van der Waals surface area contributed by atoms with Crippen LogP contribution in [0.4, 0.5) is 0 Å². The third kappa shape index (κ3) is 3.90. The smallest absolute Gasteiger partial charge is 0.267 e. The van der Waals surface area contributed by atoms with E-state index in [0.29, 0.717) is 25.1 Å². The summed E-state index contributed by atoms with van der Waals surface area (Å²) in [7, 11) is 1.70. The Morgan fingerprint density at radius 1 is 1.19 bits per heavy atom. The molecule has 1 aromatic heterocycles. The predicted molar refractivity (Wildman–Crippen MR) is 108 cm³/mol. The molecule has 5 heteroatoms. The maximum Gasteiger partial charge on any atom is 0.267 e. The Morgan fingerprint density at radius 2 is 2.04 bits per heavy atom. The van der Waals surface area contributed by atoms with E-state index >= 15 is 0 Å². The van der Waals surface area contributed by atoms with Crippen LogP contribution in [0.3, 0.4) is 0 Å². The second-order valence-electron chi connectivity index (χ2n) is 7.94. The molecule has 0 radical (unpaired) electrons. The number of fused-ring (bicyclic) bond motifs is 2. The van der Waals surface area contributed by atoms with Crippen LogP contribution in [0.25, 0.3) is 10.9 Å². The maximum atomic E-state index is 13.0. The van der Waals surface area contributed by atoms with E-state index in [2.05, 4.69) is 26.9 Å². The molecule has 0 saturated carbocycles.